The van der Waals surface area contributed by atoms with Crippen LogP contribution in [-0.4, -0.2) is 38.1 Å². The van der Waals surface area contributed by atoms with Crippen LogP contribution in [0.4, 0.5) is 0 Å². The summed E-state index contributed by atoms with van der Waals surface area (Å²) in [6.07, 6.45) is 14.4. The van der Waals surface area contributed by atoms with E-state index < -0.39 is 0 Å². The van der Waals surface area contributed by atoms with Gasteiger partial charge in [0.15, 0.2) is 0 Å². The van der Waals surface area contributed by atoms with Crippen molar-refractivity contribution in [1.82, 2.24) is 10.2 Å². The van der Waals surface area contributed by atoms with Crippen molar-refractivity contribution in [3.8, 4) is 0 Å². The van der Waals surface area contributed by atoms with Crippen molar-refractivity contribution in [2.45, 2.75) is 77.2 Å². The van der Waals surface area contributed by atoms with E-state index in [1.165, 1.54) is 77.3 Å². The maximum atomic E-state index is 3.49. The SMILES string of the molecule is CNCC1(CN(C)C2CCCCCC2)CCC(C)CC1. The lowest BCUT2D eigenvalue weighted by molar-refractivity contribution is 0.0758. The van der Waals surface area contributed by atoms with Crippen LogP contribution in [0.1, 0.15) is 71.1 Å². The van der Waals surface area contributed by atoms with Crippen LogP contribution >= 0.6 is 0 Å². The van der Waals surface area contributed by atoms with Crippen molar-refractivity contribution in [1.29, 1.82) is 0 Å². The molecule has 0 radical (unpaired) electrons. The zero-order chi connectivity index (χ0) is 14.4. The fourth-order valence-electron chi connectivity index (χ4n) is 4.50. The van der Waals surface area contributed by atoms with E-state index in [-0.39, 0.29) is 0 Å². The van der Waals surface area contributed by atoms with Gasteiger partial charge in [0.25, 0.3) is 0 Å². The molecular formula is C18H36N2. The van der Waals surface area contributed by atoms with Crippen LogP contribution in [-0.2, 0) is 0 Å². The maximum Gasteiger partial charge on any atom is 0.00924 e. The Bertz CT molecular complexity index is 261. The second-order valence-electron chi connectivity index (χ2n) is 7.77. The first-order chi connectivity index (χ1) is 9.65. The molecule has 2 fully saturated rings. The molecule has 2 heteroatoms. The van der Waals surface area contributed by atoms with Crippen LogP contribution in [0, 0.1) is 11.3 Å². The average Bonchev–Trinajstić information content (AvgIpc) is 2.71. The van der Waals surface area contributed by atoms with Crippen LogP contribution in [0.15, 0.2) is 0 Å². The summed E-state index contributed by atoms with van der Waals surface area (Å²) in [6, 6.07) is 0.852. The van der Waals surface area contributed by atoms with E-state index in [2.05, 4.69) is 31.2 Å². The van der Waals surface area contributed by atoms with Crippen LogP contribution < -0.4 is 5.32 Å². The van der Waals surface area contributed by atoms with Gasteiger partial charge in [-0.05, 0) is 51.1 Å². The lowest BCUT2D eigenvalue weighted by Crippen LogP contribution is -2.47. The van der Waals surface area contributed by atoms with Gasteiger partial charge in [-0.25, -0.2) is 0 Å². The molecule has 2 aliphatic carbocycles. The smallest absolute Gasteiger partial charge is 0.00924 e. The highest BCUT2D eigenvalue weighted by Gasteiger charge is 2.35. The molecule has 0 aromatic rings. The number of hydrogen-bond acceptors (Lipinski definition) is 2. The van der Waals surface area contributed by atoms with Gasteiger partial charge in [0.1, 0.15) is 0 Å². The summed E-state index contributed by atoms with van der Waals surface area (Å²) in [5.41, 5.74) is 0.544. The molecule has 0 aliphatic heterocycles. The standard InChI is InChI=1S/C18H36N2/c1-16-10-12-18(13-11-16,14-19-2)15-20(3)17-8-6-4-5-7-9-17/h16-17,19H,4-15H2,1-3H3. The fourth-order valence-corrected chi connectivity index (χ4v) is 4.50. The van der Waals surface area contributed by atoms with Crippen LogP contribution in [0.5, 0.6) is 0 Å². The average molecular weight is 280 g/mol. The summed E-state index contributed by atoms with van der Waals surface area (Å²) in [7, 11) is 4.52. The van der Waals surface area contributed by atoms with E-state index in [4.69, 9.17) is 0 Å². The van der Waals surface area contributed by atoms with Crippen LogP contribution in [0.25, 0.3) is 0 Å². The normalized spacial score (nSPS) is 33.3. The first kappa shape index (κ1) is 16.3. The van der Waals surface area contributed by atoms with Gasteiger partial charge in [-0.15, -0.1) is 0 Å². The van der Waals surface area contributed by atoms with Crippen LogP contribution in [0.3, 0.4) is 0 Å². The molecule has 0 unspecified atom stereocenters. The van der Waals surface area contributed by atoms with E-state index in [9.17, 15) is 0 Å². The molecule has 2 saturated carbocycles. The molecule has 0 amide bonds. The molecule has 0 saturated heterocycles. The number of hydrogen-bond donors (Lipinski definition) is 1. The lowest BCUT2D eigenvalue weighted by Gasteiger charge is -2.44. The minimum Gasteiger partial charge on any atom is -0.319 e. The predicted molar refractivity (Wildman–Crippen MR) is 88.1 cm³/mol. The third-order valence-electron chi connectivity index (χ3n) is 5.92. The van der Waals surface area contributed by atoms with E-state index in [0.717, 1.165) is 12.0 Å². The molecule has 0 bridgehead atoms. The molecule has 0 spiro atoms. The van der Waals surface area contributed by atoms with Crippen molar-refractivity contribution >= 4 is 0 Å². The summed E-state index contributed by atoms with van der Waals surface area (Å²) in [6.45, 7) is 4.94. The highest BCUT2D eigenvalue weighted by molar-refractivity contribution is 4.90. The monoisotopic (exact) mass is 280 g/mol. The van der Waals surface area contributed by atoms with Crippen molar-refractivity contribution in [3.63, 3.8) is 0 Å². The van der Waals surface area contributed by atoms with Gasteiger partial charge in [-0.2, -0.15) is 0 Å². The van der Waals surface area contributed by atoms with E-state index in [0.29, 0.717) is 5.41 Å². The second kappa shape index (κ2) is 7.79. The fraction of sp³-hybridized carbons (Fsp3) is 1.00. The van der Waals surface area contributed by atoms with Gasteiger partial charge in [-0.1, -0.05) is 45.4 Å². The number of nitrogens with one attached hydrogen (secondary N) is 1. The topological polar surface area (TPSA) is 15.3 Å². The van der Waals surface area contributed by atoms with Crippen molar-refractivity contribution < 1.29 is 0 Å². The Morgan fingerprint density at radius 1 is 1.00 bits per heavy atom. The van der Waals surface area contributed by atoms with Crippen molar-refractivity contribution in [2.75, 3.05) is 27.2 Å². The Hall–Kier alpha value is -0.0800. The summed E-state index contributed by atoms with van der Waals surface area (Å²) < 4.78 is 0. The first-order valence-electron chi connectivity index (χ1n) is 9.00. The summed E-state index contributed by atoms with van der Waals surface area (Å²) in [4.78, 5) is 2.72. The molecule has 0 aromatic carbocycles. The number of nitrogens with zero attached hydrogens (tertiary/aromatic N) is 1. The molecule has 0 atom stereocenters. The lowest BCUT2D eigenvalue weighted by atomic mass is 9.70. The Labute approximate surface area is 126 Å². The molecule has 2 rings (SSSR count). The second-order valence-corrected chi connectivity index (χ2v) is 7.77. The van der Waals surface area contributed by atoms with E-state index in [1.807, 2.05) is 0 Å². The molecule has 2 aliphatic rings. The summed E-state index contributed by atoms with van der Waals surface area (Å²) in [5.74, 6) is 0.947. The quantitative estimate of drug-likeness (QED) is 0.764. The van der Waals surface area contributed by atoms with Gasteiger partial charge in [0, 0.05) is 19.1 Å². The Morgan fingerprint density at radius 2 is 1.60 bits per heavy atom. The molecular weight excluding hydrogens is 244 g/mol. The van der Waals surface area contributed by atoms with E-state index in [1.54, 1.807) is 0 Å². The van der Waals surface area contributed by atoms with E-state index >= 15 is 0 Å². The minimum absolute atomic E-state index is 0.544. The van der Waals surface area contributed by atoms with Crippen LogP contribution in [0.2, 0.25) is 0 Å². The van der Waals surface area contributed by atoms with Crippen molar-refractivity contribution in [3.05, 3.63) is 0 Å². The summed E-state index contributed by atoms with van der Waals surface area (Å²) >= 11 is 0. The van der Waals surface area contributed by atoms with Crippen molar-refractivity contribution in [2.24, 2.45) is 11.3 Å². The number of rotatable bonds is 5. The molecule has 1 N–H and O–H groups in total. The third kappa shape index (κ3) is 4.46. The van der Waals surface area contributed by atoms with Gasteiger partial charge in [0.05, 0.1) is 0 Å². The largest absolute Gasteiger partial charge is 0.319 e. The first-order valence-corrected chi connectivity index (χ1v) is 9.00. The highest BCUT2D eigenvalue weighted by Crippen LogP contribution is 2.39. The predicted octanol–water partition coefficient (Wildman–Crippen LogP) is 4.06. The molecule has 118 valence electrons. The zero-order valence-corrected chi connectivity index (χ0v) is 14.1. The molecule has 0 aromatic heterocycles. The van der Waals surface area contributed by atoms with Gasteiger partial charge in [0.2, 0.25) is 0 Å². The Morgan fingerprint density at radius 3 is 2.15 bits per heavy atom. The maximum absolute atomic E-state index is 3.49. The molecule has 2 nitrogen and oxygen atoms in total. The summed E-state index contributed by atoms with van der Waals surface area (Å²) in [5, 5.41) is 3.49. The Kier molecular flexibility index (Phi) is 6.35. The highest BCUT2D eigenvalue weighted by atomic mass is 15.1. The minimum atomic E-state index is 0.544. The zero-order valence-electron chi connectivity index (χ0n) is 14.1. The molecule has 20 heavy (non-hydrogen) atoms. The van der Waals surface area contributed by atoms with Gasteiger partial charge >= 0.3 is 0 Å². The van der Waals surface area contributed by atoms with Gasteiger partial charge < -0.3 is 10.2 Å². The molecule has 0 heterocycles. The Balaban J connectivity index is 1.92. The third-order valence-corrected chi connectivity index (χ3v) is 5.92. The van der Waals surface area contributed by atoms with Gasteiger partial charge in [-0.3, -0.25) is 0 Å².